The number of ketones is 1. The molecule has 19 heavy (non-hydrogen) atoms. The van der Waals surface area contributed by atoms with Gasteiger partial charge in [-0.15, -0.1) is 11.3 Å². The predicted molar refractivity (Wildman–Crippen MR) is 77.9 cm³/mol. The van der Waals surface area contributed by atoms with Crippen molar-refractivity contribution in [1.82, 2.24) is 0 Å². The average Bonchev–Trinajstić information content (AvgIpc) is 2.88. The van der Waals surface area contributed by atoms with Crippen molar-refractivity contribution in [3.05, 3.63) is 57.3 Å². The van der Waals surface area contributed by atoms with Crippen LogP contribution in [0.5, 0.6) is 0 Å². The Morgan fingerprint density at radius 1 is 1.11 bits per heavy atom. The molecular formula is C17H16OS. The molecule has 0 fully saturated rings. The molecule has 2 aliphatic carbocycles. The van der Waals surface area contributed by atoms with Gasteiger partial charge in [0.25, 0.3) is 0 Å². The lowest BCUT2D eigenvalue weighted by molar-refractivity contribution is -0.122. The lowest BCUT2D eigenvalue weighted by atomic mass is 9.69. The number of fused-ring (bicyclic) bond motifs is 2. The van der Waals surface area contributed by atoms with E-state index in [1.807, 2.05) is 11.3 Å². The smallest absolute Gasteiger partial charge is 0.148 e. The van der Waals surface area contributed by atoms with Gasteiger partial charge in [-0.1, -0.05) is 24.3 Å². The van der Waals surface area contributed by atoms with Crippen LogP contribution < -0.4 is 0 Å². The molecule has 1 nitrogen and oxygen atoms in total. The van der Waals surface area contributed by atoms with E-state index in [0.717, 1.165) is 25.7 Å². The number of aryl methyl sites for hydroxylation is 1. The Bertz CT molecular complexity index is 640. The zero-order valence-electron chi connectivity index (χ0n) is 10.8. The quantitative estimate of drug-likeness (QED) is 0.802. The molecule has 96 valence electrons. The molecule has 0 saturated carbocycles. The predicted octanol–water partition coefficient (Wildman–Crippen LogP) is 4.08. The van der Waals surface area contributed by atoms with Crippen molar-refractivity contribution in [3.63, 3.8) is 0 Å². The molecule has 0 aliphatic heterocycles. The maximum Gasteiger partial charge on any atom is 0.148 e. The first kappa shape index (κ1) is 11.4. The van der Waals surface area contributed by atoms with Crippen molar-refractivity contribution < 1.29 is 4.79 Å². The fourth-order valence-corrected chi connectivity index (χ4v) is 4.52. The number of carbonyl (C=O) groups excluding carboxylic acids is 1. The van der Waals surface area contributed by atoms with Crippen molar-refractivity contribution in [3.8, 4) is 0 Å². The highest BCUT2D eigenvalue weighted by molar-refractivity contribution is 7.10. The molecule has 4 rings (SSSR count). The Balaban J connectivity index is 1.64. The van der Waals surface area contributed by atoms with Gasteiger partial charge >= 0.3 is 0 Å². The molecule has 0 saturated heterocycles. The van der Waals surface area contributed by atoms with Crippen LogP contribution in [0.25, 0.3) is 0 Å². The van der Waals surface area contributed by atoms with Crippen LogP contribution in [0.3, 0.4) is 0 Å². The van der Waals surface area contributed by atoms with Crippen LogP contribution in [0, 0.1) is 0 Å². The third-order valence-corrected chi connectivity index (χ3v) is 5.59. The van der Waals surface area contributed by atoms with E-state index in [1.54, 1.807) is 0 Å². The van der Waals surface area contributed by atoms with Gasteiger partial charge in [0.15, 0.2) is 0 Å². The van der Waals surface area contributed by atoms with Gasteiger partial charge in [-0.25, -0.2) is 0 Å². The molecule has 0 spiro atoms. The first-order chi connectivity index (χ1) is 9.34. The van der Waals surface area contributed by atoms with Crippen LogP contribution in [-0.4, -0.2) is 5.78 Å². The van der Waals surface area contributed by atoms with Gasteiger partial charge in [0.05, 0.1) is 0 Å². The van der Waals surface area contributed by atoms with Gasteiger partial charge in [0, 0.05) is 16.7 Å². The van der Waals surface area contributed by atoms with Crippen LogP contribution in [0.1, 0.15) is 46.2 Å². The van der Waals surface area contributed by atoms with E-state index in [-0.39, 0.29) is 11.8 Å². The van der Waals surface area contributed by atoms with Gasteiger partial charge < -0.3 is 0 Å². The third-order valence-electron chi connectivity index (χ3n) is 4.59. The minimum Gasteiger partial charge on any atom is -0.298 e. The van der Waals surface area contributed by atoms with Crippen LogP contribution in [0.15, 0.2) is 35.7 Å². The van der Waals surface area contributed by atoms with Gasteiger partial charge in [0.2, 0.25) is 0 Å². The summed E-state index contributed by atoms with van der Waals surface area (Å²) in [5, 5.41) is 2.14. The van der Waals surface area contributed by atoms with Gasteiger partial charge in [0.1, 0.15) is 5.78 Å². The molecule has 2 aromatic rings. The second-order valence-corrected chi connectivity index (χ2v) is 6.60. The lowest BCUT2D eigenvalue weighted by Crippen LogP contribution is -2.30. The van der Waals surface area contributed by atoms with Crippen molar-refractivity contribution in [2.24, 2.45) is 0 Å². The third kappa shape index (κ3) is 1.70. The second-order valence-electron chi connectivity index (χ2n) is 5.60. The molecule has 1 aromatic carbocycles. The standard InChI is InChI=1S/C17H16OS/c18-17(15-10-11-4-1-2-5-12(11)15)14-6-3-7-16-13(14)8-9-19-16/h1-2,4-5,8-9,14-15H,3,6-7,10H2. The first-order valence-electron chi connectivity index (χ1n) is 7.02. The summed E-state index contributed by atoms with van der Waals surface area (Å²) >= 11 is 1.82. The van der Waals surface area contributed by atoms with Crippen molar-refractivity contribution in [1.29, 1.82) is 0 Å². The van der Waals surface area contributed by atoms with E-state index in [4.69, 9.17) is 0 Å². The van der Waals surface area contributed by atoms with Crippen LogP contribution in [0.2, 0.25) is 0 Å². The molecule has 0 N–H and O–H groups in total. The molecule has 0 bridgehead atoms. The van der Waals surface area contributed by atoms with E-state index < -0.39 is 0 Å². The zero-order chi connectivity index (χ0) is 12.8. The monoisotopic (exact) mass is 268 g/mol. The summed E-state index contributed by atoms with van der Waals surface area (Å²) < 4.78 is 0. The SMILES string of the molecule is O=C(C1Cc2ccccc21)C1CCCc2sccc21. The maximum atomic E-state index is 12.8. The number of hydrogen-bond donors (Lipinski definition) is 0. The van der Waals surface area contributed by atoms with Crippen LogP contribution in [-0.2, 0) is 17.6 Å². The molecule has 2 heteroatoms. The Morgan fingerprint density at radius 3 is 2.89 bits per heavy atom. The summed E-state index contributed by atoms with van der Waals surface area (Å²) in [6.07, 6.45) is 4.32. The summed E-state index contributed by atoms with van der Waals surface area (Å²) in [7, 11) is 0. The minimum atomic E-state index is 0.159. The number of Topliss-reactive ketones (excluding diaryl/α,β-unsaturated/α-hetero) is 1. The topological polar surface area (TPSA) is 17.1 Å². The summed E-state index contributed by atoms with van der Waals surface area (Å²) in [4.78, 5) is 14.3. The normalized spacial score (nSPS) is 24.2. The summed E-state index contributed by atoms with van der Waals surface area (Å²) in [5.41, 5.74) is 3.96. The van der Waals surface area contributed by atoms with E-state index in [1.165, 1.54) is 21.6 Å². The van der Waals surface area contributed by atoms with E-state index >= 15 is 0 Å². The molecule has 0 radical (unpaired) electrons. The van der Waals surface area contributed by atoms with Crippen LogP contribution >= 0.6 is 11.3 Å². The van der Waals surface area contributed by atoms with Gasteiger partial charge in [-0.2, -0.15) is 0 Å². The Kier molecular flexibility index (Phi) is 2.59. The fourth-order valence-electron chi connectivity index (χ4n) is 3.54. The molecular weight excluding hydrogens is 252 g/mol. The average molecular weight is 268 g/mol. The minimum absolute atomic E-state index is 0.159. The molecule has 0 amide bonds. The van der Waals surface area contributed by atoms with Gasteiger partial charge in [-0.05, 0) is 53.8 Å². The van der Waals surface area contributed by atoms with E-state index in [2.05, 4.69) is 35.7 Å². The molecule has 2 atom stereocenters. The molecule has 2 unspecified atom stereocenters. The number of hydrogen-bond acceptors (Lipinski definition) is 2. The van der Waals surface area contributed by atoms with E-state index in [9.17, 15) is 4.79 Å². The Morgan fingerprint density at radius 2 is 2.00 bits per heavy atom. The Hall–Kier alpha value is -1.41. The highest BCUT2D eigenvalue weighted by atomic mass is 32.1. The summed E-state index contributed by atoms with van der Waals surface area (Å²) in [5.74, 6) is 0.776. The second kappa shape index (κ2) is 4.31. The van der Waals surface area contributed by atoms with Crippen LogP contribution in [0.4, 0.5) is 0 Å². The number of thiophene rings is 1. The molecule has 1 heterocycles. The van der Waals surface area contributed by atoms with Crippen molar-refractivity contribution >= 4 is 17.1 Å². The van der Waals surface area contributed by atoms with Crippen molar-refractivity contribution in [2.75, 3.05) is 0 Å². The summed E-state index contributed by atoms with van der Waals surface area (Å²) in [6, 6.07) is 10.6. The maximum absolute atomic E-state index is 12.8. The largest absolute Gasteiger partial charge is 0.298 e. The number of benzene rings is 1. The van der Waals surface area contributed by atoms with Crippen molar-refractivity contribution in [2.45, 2.75) is 37.5 Å². The van der Waals surface area contributed by atoms with E-state index in [0.29, 0.717) is 5.78 Å². The van der Waals surface area contributed by atoms with Gasteiger partial charge in [-0.3, -0.25) is 4.79 Å². The highest BCUT2D eigenvalue weighted by Crippen LogP contribution is 2.43. The highest BCUT2D eigenvalue weighted by Gasteiger charge is 2.37. The zero-order valence-corrected chi connectivity index (χ0v) is 11.6. The summed E-state index contributed by atoms with van der Waals surface area (Å²) in [6.45, 7) is 0. The molecule has 1 aromatic heterocycles. The number of carbonyl (C=O) groups is 1. The lowest BCUT2D eigenvalue weighted by Gasteiger charge is -2.33. The molecule has 2 aliphatic rings. The first-order valence-corrected chi connectivity index (χ1v) is 7.90. The fraction of sp³-hybridized carbons (Fsp3) is 0.353. The number of rotatable bonds is 2. The Labute approximate surface area is 117 Å².